The summed E-state index contributed by atoms with van der Waals surface area (Å²) in [4.78, 5) is 0. The second-order valence-electron chi connectivity index (χ2n) is 2.17. The van der Waals surface area contributed by atoms with Crippen molar-refractivity contribution in [3.63, 3.8) is 0 Å². The topological polar surface area (TPSA) is 34.1 Å². The van der Waals surface area contributed by atoms with Crippen molar-refractivity contribution in [2.45, 2.75) is 0 Å². The predicted octanol–water partition coefficient (Wildman–Crippen LogP) is 3.07. The molecule has 0 saturated carbocycles. The first-order valence-electron chi connectivity index (χ1n) is 4.17. The molecule has 0 aromatic heterocycles. The molecule has 0 spiro atoms. The Kier molecular flexibility index (Phi) is 15.5. The zero-order chi connectivity index (χ0) is 11.9. The van der Waals surface area contributed by atoms with Gasteiger partial charge in [-0.2, -0.15) is 0 Å². The lowest BCUT2D eigenvalue weighted by Crippen LogP contribution is -1.63. The van der Waals surface area contributed by atoms with E-state index in [9.17, 15) is 0 Å². The van der Waals surface area contributed by atoms with Gasteiger partial charge in [0.05, 0.1) is 0 Å². The molecule has 0 fully saturated rings. The van der Waals surface area contributed by atoms with Gasteiger partial charge in [-0.1, -0.05) is 68.3 Å². The monoisotopic (exact) mass is 218 g/mol. The molecule has 1 rings (SSSR count). The van der Waals surface area contributed by atoms with Gasteiger partial charge >= 0.3 is 9.29 Å². The summed E-state index contributed by atoms with van der Waals surface area (Å²) in [6, 6.07) is 10.0. The van der Waals surface area contributed by atoms with Gasteiger partial charge in [0.1, 0.15) is 0 Å². The molecule has 3 heteroatoms. The summed E-state index contributed by atoms with van der Waals surface area (Å²) >= 11 is 0. The average molecular weight is 218 g/mol. The van der Waals surface area contributed by atoms with E-state index in [1.165, 1.54) is 5.56 Å². The largest absolute Gasteiger partial charge is 0.549 e. The zero-order valence-electron chi connectivity index (χ0n) is 8.56. The first kappa shape index (κ1) is 15.7. The van der Waals surface area contributed by atoms with E-state index in [0.29, 0.717) is 0 Å². The number of hydrogen-bond acceptors (Lipinski definition) is 2. The maximum atomic E-state index is 8.40. The van der Waals surface area contributed by atoms with Crippen molar-refractivity contribution >= 4 is 15.4 Å². The van der Waals surface area contributed by atoms with E-state index in [4.69, 9.17) is 8.92 Å². The Balaban J connectivity index is 0. The minimum atomic E-state index is -1.42. The fourth-order valence-electron chi connectivity index (χ4n) is 0.589. The molecule has 0 amide bonds. The fraction of sp³-hybridized carbons (Fsp3) is 0. The molecule has 0 aliphatic heterocycles. The predicted molar refractivity (Wildman–Crippen MR) is 64.1 cm³/mol. The molecular formula is C12H14O2Si. The van der Waals surface area contributed by atoms with Gasteiger partial charge in [0.15, 0.2) is 0 Å². The van der Waals surface area contributed by atoms with Crippen LogP contribution in [0.4, 0.5) is 0 Å². The van der Waals surface area contributed by atoms with Gasteiger partial charge in [-0.05, 0) is 5.56 Å². The van der Waals surface area contributed by atoms with Crippen LogP contribution in [0.1, 0.15) is 5.56 Å². The van der Waals surface area contributed by atoms with E-state index in [-0.39, 0.29) is 0 Å². The van der Waals surface area contributed by atoms with Gasteiger partial charge in [-0.15, -0.1) is 0 Å². The first-order valence-corrected chi connectivity index (χ1v) is 4.98. The summed E-state index contributed by atoms with van der Waals surface area (Å²) in [6.07, 6.45) is 5.11. The minimum absolute atomic E-state index is 1.17. The van der Waals surface area contributed by atoms with E-state index >= 15 is 0 Å². The lowest BCUT2D eigenvalue weighted by atomic mass is 10.2. The summed E-state index contributed by atoms with van der Waals surface area (Å²) in [5, 5.41) is 0. The van der Waals surface area contributed by atoms with Crippen LogP contribution in [0.15, 0.2) is 62.2 Å². The highest BCUT2D eigenvalue weighted by atomic mass is 28.2. The third kappa shape index (κ3) is 15.0. The Hall–Kier alpha value is -1.74. The van der Waals surface area contributed by atoms with Crippen LogP contribution in [0.5, 0.6) is 0 Å². The number of benzene rings is 1. The Labute approximate surface area is 92.6 Å². The Morgan fingerprint density at radius 1 is 0.933 bits per heavy atom. The maximum Gasteiger partial charge on any atom is 0.549 e. The zero-order valence-corrected chi connectivity index (χ0v) is 9.56. The summed E-state index contributed by atoms with van der Waals surface area (Å²) in [5.74, 6) is 0. The fourth-order valence-corrected chi connectivity index (χ4v) is 0.589. The molecule has 0 bridgehead atoms. The lowest BCUT2D eigenvalue weighted by Gasteiger charge is -1.85. The average Bonchev–Trinajstić information content (AvgIpc) is 2.31. The molecule has 0 heterocycles. The molecule has 0 aliphatic carbocycles. The van der Waals surface area contributed by atoms with Gasteiger partial charge in [0, 0.05) is 0 Å². The van der Waals surface area contributed by atoms with Crippen LogP contribution in [-0.2, 0) is 8.92 Å². The van der Waals surface area contributed by atoms with E-state index < -0.39 is 9.29 Å². The second kappa shape index (κ2) is 14.8. The standard InChI is InChI=1S/C8H8.C4H6.O2Si/c1-2-8-6-4-3-5-7-8;1-3-4-2;1-3-2/h2-7H,1H2;3-4H,1-2H2;. The van der Waals surface area contributed by atoms with Crippen LogP contribution in [-0.4, -0.2) is 9.29 Å². The van der Waals surface area contributed by atoms with Crippen molar-refractivity contribution in [2.75, 3.05) is 0 Å². The van der Waals surface area contributed by atoms with Gasteiger partial charge in [0.25, 0.3) is 0 Å². The highest BCUT2D eigenvalue weighted by molar-refractivity contribution is 5.94. The third-order valence-electron chi connectivity index (χ3n) is 1.20. The summed E-state index contributed by atoms with van der Waals surface area (Å²) in [5.41, 5.74) is 1.17. The Bertz CT molecular complexity index is 306. The normalized spacial score (nSPS) is 6.40. The van der Waals surface area contributed by atoms with Crippen molar-refractivity contribution < 1.29 is 8.92 Å². The van der Waals surface area contributed by atoms with Gasteiger partial charge in [-0.3, -0.25) is 8.92 Å². The quantitative estimate of drug-likeness (QED) is 0.564. The lowest BCUT2D eigenvalue weighted by molar-refractivity contribution is 0.497. The molecule has 0 N–H and O–H groups in total. The molecule has 0 aliphatic rings. The minimum Gasteiger partial charge on any atom is -0.274 e. The summed E-state index contributed by atoms with van der Waals surface area (Å²) in [6.45, 7) is 10.4. The SMILES string of the molecule is C=CC=C.C=Cc1ccccc1.O=[Si]=O. The van der Waals surface area contributed by atoms with Gasteiger partial charge in [0.2, 0.25) is 0 Å². The molecule has 1 aromatic rings. The van der Waals surface area contributed by atoms with Gasteiger partial charge < -0.3 is 0 Å². The van der Waals surface area contributed by atoms with Crippen LogP contribution < -0.4 is 0 Å². The smallest absolute Gasteiger partial charge is 0.274 e. The molecule has 0 radical (unpaired) electrons. The summed E-state index contributed by atoms with van der Waals surface area (Å²) in [7, 11) is -1.42. The second-order valence-corrected chi connectivity index (χ2v) is 2.34. The molecule has 78 valence electrons. The van der Waals surface area contributed by atoms with Crippen LogP contribution in [0.3, 0.4) is 0 Å². The number of allylic oxidation sites excluding steroid dienone is 2. The van der Waals surface area contributed by atoms with Crippen molar-refractivity contribution in [2.24, 2.45) is 0 Å². The van der Waals surface area contributed by atoms with Crippen molar-refractivity contribution in [1.82, 2.24) is 0 Å². The molecule has 0 saturated heterocycles. The molecular weight excluding hydrogens is 204 g/mol. The Morgan fingerprint density at radius 3 is 1.53 bits per heavy atom. The van der Waals surface area contributed by atoms with Crippen molar-refractivity contribution in [3.8, 4) is 0 Å². The van der Waals surface area contributed by atoms with Crippen LogP contribution in [0, 0.1) is 0 Å². The molecule has 1 aromatic carbocycles. The van der Waals surface area contributed by atoms with E-state index in [1.807, 2.05) is 36.4 Å². The van der Waals surface area contributed by atoms with Crippen LogP contribution >= 0.6 is 0 Å². The first-order chi connectivity index (χ1) is 7.26. The number of rotatable bonds is 2. The Morgan fingerprint density at radius 2 is 1.33 bits per heavy atom. The maximum absolute atomic E-state index is 8.40. The highest BCUT2D eigenvalue weighted by Crippen LogP contribution is 1.97. The molecule has 15 heavy (non-hydrogen) atoms. The third-order valence-corrected chi connectivity index (χ3v) is 1.20. The highest BCUT2D eigenvalue weighted by Gasteiger charge is 1.75. The van der Waals surface area contributed by atoms with Crippen molar-refractivity contribution in [1.29, 1.82) is 0 Å². The van der Waals surface area contributed by atoms with Gasteiger partial charge in [-0.25, -0.2) is 0 Å². The number of hydrogen-bond donors (Lipinski definition) is 0. The van der Waals surface area contributed by atoms with Crippen molar-refractivity contribution in [3.05, 3.63) is 67.8 Å². The summed E-state index contributed by atoms with van der Waals surface area (Å²) < 4.78 is 16.8. The molecule has 2 nitrogen and oxygen atoms in total. The van der Waals surface area contributed by atoms with Crippen LogP contribution in [0.25, 0.3) is 6.08 Å². The van der Waals surface area contributed by atoms with E-state index in [1.54, 1.807) is 12.2 Å². The van der Waals surface area contributed by atoms with E-state index in [2.05, 4.69) is 19.7 Å². The molecule has 0 unspecified atom stereocenters. The molecule has 0 atom stereocenters. The van der Waals surface area contributed by atoms with E-state index in [0.717, 1.165) is 0 Å². The van der Waals surface area contributed by atoms with Crippen LogP contribution in [0.2, 0.25) is 0 Å².